The minimum atomic E-state index is -0.237. The van der Waals surface area contributed by atoms with Crippen molar-refractivity contribution in [1.82, 2.24) is 9.78 Å². The highest BCUT2D eigenvalue weighted by Gasteiger charge is 2.13. The molecular weight excluding hydrogens is 270 g/mol. The van der Waals surface area contributed by atoms with E-state index >= 15 is 0 Å². The van der Waals surface area contributed by atoms with Crippen molar-refractivity contribution in [2.24, 2.45) is 0 Å². The quantitative estimate of drug-likeness (QED) is 0.679. The predicted molar refractivity (Wildman–Crippen MR) is 72.3 cm³/mol. The number of nitrogens with zero attached hydrogens (tertiary/aromatic N) is 2. The summed E-state index contributed by atoms with van der Waals surface area (Å²) >= 11 is 6.90. The largest absolute Gasteiger partial charge is 0.294 e. The molecule has 1 aromatic heterocycles. The highest BCUT2D eigenvalue weighted by molar-refractivity contribution is 8.03. The van der Waals surface area contributed by atoms with Gasteiger partial charge in [0.2, 0.25) is 0 Å². The van der Waals surface area contributed by atoms with E-state index in [9.17, 15) is 4.79 Å². The Kier molecular flexibility index (Phi) is 3.50. The highest BCUT2D eigenvalue weighted by Crippen LogP contribution is 2.20. The van der Waals surface area contributed by atoms with Crippen LogP contribution in [0.15, 0.2) is 27.9 Å². The third-order valence-electron chi connectivity index (χ3n) is 2.58. The number of thiocyanates is 1. The van der Waals surface area contributed by atoms with Gasteiger partial charge in [-0.2, -0.15) is 5.26 Å². The van der Waals surface area contributed by atoms with Gasteiger partial charge < -0.3 is 0 Å². The number of hydrogen-bond acceptors (Lipinski definition) is 3. The molecule has 0 aliphatic heterocycles. The van der Waals surface area contributed by atoms with Crippen LogP contribution in [0.4, 0.5) is 0 Å². The summed E-state index contributed by atoms with van der Waals surface area (Å²) in [7, 11) is 0. The number of nitriles is 1. The maximum absolute atomic E-state index is 12.1. The first-order chi connectivity index (χ1) is 8.54. The first-order valence-corrected chi connectivity index (χ1v) is 6.38. The number of halogens is 1. The predicted octanol–water partition coefficient (Wildman–Crippen LogP) is 3.01. The van der Waals surface area contributed by atoms with Gasteiger partial charge in [-0.1, -0.05) is 17.7 Å². The maximum Gasteiger partial charge on any atom is 0.286 e. The lowest BCUT2D eigenvalue weighted by atomic mass is 10.2. The second kappa shape index (κ2) is 4.92. The molecule has 1 aromatic carbocycles. The van der Waals surface area contributed by atoms with Crippen molar-refractivity contribution >= 4 is 23.4 Å². The first kappa shape index (κ1) is 12.8. The number of aromatic amines is 1. The van der Waals surface area contributed by atoms with Crippen molar-refractivity contribution in [2.45, 2.75) is 18.7 Å². The molecule has 0 saturated heterocycles. The summed E-state index contributed by atoms with van der Waals surface area (Å²) in [6.45, 7) is 3.65. The zero-order chi connectivity index (χ0) is 13.3. The molecule has 92 valence electrons. The van der Waals surface area contributed by atoms with Crippen LogP contribution in [0.5, 0.6) is 0 Å². The Balaban J connectivity index is 2.59. The van der Waals surface area contributed by atoms with Crippen molar-refractivity contribution < 1.29 is 0 Å². The molecule has 0 unspecified atom stereocenters. The van der Waals surface area contributed by atoms with Gasteiger partial charge in [-0.15, -0.1) is 0 Å². The lowest BCUT2D eigenvalue weighted by Crippen LogP contribution is -2.15. The fraction of sp³-hybridized carbons (Fsp3) is 0.167. The van der Waals surface area contributed by atoms with Gasteiger partial charge in [-0.3, -0.25) is 9.89 Å². The van der Waals surface area contributed by atoms with Crippen LogP contribution in [0.1, 0.15) is 11.3 Å². The molecule has 6 heteroatoms. The molecule has 0 fully saturated rings. The second-order valence-electron chi connectivity index (χ2n) is 3.83. The molecule has 0 amide bonds. The standard InChI is InChI=1S/C12H10ClN3OS/c1-7-3-4-9(5-10(7)13)16-12(17)11(18-6-14)8(2)15-16/h3-5,15H,1-2H3. The highest BCUT2D eigenvalue weighted by atomic mass is 35.5. The van der Waals surface area contributed by atoms with E-state index < -0.39 is 0 Å². The van der Waals surface area contributed by atoms with Crippen LogP contribution in [-0.2, 0) is 0 Å². The van der Waals surface area contributed by atoms with E-state index in [0.717, 1.165) is 17.3 Å². The molecule has 0 aliphatic rings. The molecule has 0 radical (unpaired) electrons. The maximum atomic E-state index is 12.1. The van der Waals surface area contributed by atoms with Crippen molar-refractivity contribution in [3.05, 3.63) is 44.8 Å². The number of thioether (sulfide) groups is 1. The summed E-state index contributed by atoms with van der Waals surface area (Å²) in [4.78, 5) is 12.5. The topological polar surface area (TPSA) is 61.6 Å². The van der Waals surface area contributed by atoms with Gasteiger partial charge in [0.1, 0.15) is 10.3 Å². The number of benzene rings is 1. The van der Waals surface area contributed by atoms with E-state index in [1.807, 2.05) is 18.4 Å². The minimum absolute atomic E-state index is 0.237. The average molecular weight is 280 g/mol. The van der Waals surface area contributed by atoms with Gasteiger partial charge in [0.25, 0.3) is 5.56 Å². The molecule has 2 rings (SSSR count). The normalized spacial score (nSPS) is 10.3. The van der Waals surface area contributed by atoms with Gasteiger partial charge in [-0.05, 0) is 43.3 Å². The molecular formula is C12H10ClN3OS. The molecule has 2 aromatic rings. The zero-order valence-corrected chi connectivity index (χ0v) is 11.4. The molecule has 0 aliphatic carbocycles. The second-order valence-corrected chi connectivity index (χ2v) is 5.04. The van der Waals surface area contributed by atoms with E-state index in [0.29, 0.717) is 21.3 Å². The lowest BCUT2D eigenvalue weighted by Gasteiger charge is -2.03. The van der Waals surface area contributed by atoms with Crippen LogP contribution in [0.2, 0.25) is 5.02 Å². The third kappa shape index (κ3) is 2.17. The van der Waals surface area contributed by atoms with Gasteiger partial charge in [0.05, 0.1) is 5.69 Å². The molecule has 0 atom stereocenters. The van der Waals surface area contributed by atoms with Crippen molar-refractivity contribution in [3.8, 4) is 11.1 Å². The van der Waals surface area contributed by atoms with E-state index in [4.69, 9.17) is 16.9 Å². The Bertz CT molecular complexity index is 696. The monoisotopic (exact) mass is 279 g/mol. The molecule has 0 spiro atoms. The Morgan fingerprint density at radius 1 is 1.44 bits per heavy atom. The summed E-state index contributed by atoms with van der Waals surface area (Å²) in [5.74, 6) is 0. The summed E-state index contributed by atoms with van der Waals surface area (Å²) in [6, 6.07) is 5.37. The number of aromatic nitrogens is 2. The molecule has 4 nitrogen and oxygen atoms in total. The number of nitrogens with one attached hydrogen (secondary N) is 1. The van der Waals surface area contributed by atoms with Crippen LogP contribution >= 0.6 is 23.4 Å². The Hall–Kier alpha value is -1.64. The van der Waals surface area contributed by atoms with Gasteiger partial charge in [0, 0.05) is 10.7 Å². The molecule has 1 heterocycles. The van der Waals surface area contributed by atoms with Crippen LogP contribution in [0.3, 0.4) is 0 Å². The van der Waals surface area contributed by atoms with E-state index in [1.54, 1.807) is 19.1 Å². The summed E-state index contributed by atoms with van der Waals surface area (Å²) < 4.78 is 1.39. The Morgan fingerprint density at radius 2 is 2.17 bits per heavy atom. The zero-order valence-electron chi connectivity index (χ0n) is 9.82. The molecule has 1 N–H and O–H groups in total. The summed E-state index contributed by atoms with van der Waals surface area (Å²) in [5.41, 5.74) is 2.04. The van der Waals surface area contributed by atoms with Crippen LogP contribution in [0.25, 0.3) is 5.69 Å². The fourth-order valence-electron chi connectivity index (χ4n) is 1.60. The molecule has 18 heavy (non-hydrogen) atoms. The smallest absolute Gasteiger partial charge is 0.286 e. The Labute approximate surface area is 113 Å². The van der Waals surface area contributed by atoms with Gasteiger partial charge >= 0.3 is 0 Å². The van der Waals surface area contributed by atoms with Crippen LogP contribution in [0, 0.1) is 24.5 Å². The van der Waals surface area contributed by atoms with E-state index in [1.165, 1.54) is 4.68 Å². The molecule has 0 saturated carbocycles. The van der Waals surface area contributed by atoms with Crippen molar-refractivity contribution in [1.29, 1.82) is 5.26 Å². The lowest BCUT2D eigenvalue weighted by molar-refractivity contribution is 0.834. The Morgan fingerprint density at radius 3 is 2.78 bits per heavy atom. The van der Waals surface area contributed by atoms with Gasteiger partial charge in [-0.25, -0.2) is 4.68 Å². The SMILES string of the molecule is Cc1ccc(-n2[nH]c(C)c(SC#N)c2=O)cc1Cl. The van der Waals surface area contributed by atoms with Gasteiger partial charge in [0.15, 0.2) is 0 Å². The van der Waals surface area contributed by atoms with Crippen LogP contribution in [-0.4, -0.2) is 9.78 Å². The number of H-pyrrole nitrogens is 1. The minimum Gasteiger partial charge on any atom is -0.294 e. The van der Waals surface area contributed by atoms with E-state index in [2.05, 4.69) is 5.10 Å². The fourth-order valence-corrected chi connectivity index (χ4v) is 2.24. The average Bonchev–Trinajstić information content (AvgIpc) is 2.61. The number of hydrogen-bond donors (Lipinski definition) is 1. The van der Waals surface area contributed by atoms with Crippen molar-refractivity contribution in [3.63, 3.8) is 0 Å². The first-order valence-electron chi connectivity index (χ1n) is 5.18. The van der Waals surface area contributed by atoms with E-state index in [-0.39, 0.29) is 5.56 Å². The third-order valence-corrected chi connectivity index (χ3v) is 3.76. The summed E-state index contributed by atoms with van der Waals surface area (Å²) in [5, 5.41) is 14.1. The number of rotatable bonds is 2. The molecule has 0 bridgehead atoms. The van der Waals surface area contributed by atoms with Crippen molar-refractivity contribution in [2.75, 3.05) is 0 Å². The number of aryl methyl sites for hydroxylation is 2. The summed E-state index contributed by atoms with van der Waals surface area (Å²) in [6.07, 6.45) is 0. The van der Waals surface area contributed by atoms with Crippen LogP contribution < -0.4 is 5.56 Å².